The predicted molar refractivity (Wildman–Crippen MR) is 62.3 cm³/mol. The van der Waals surface area contributed by atoms with Crippen LogP contribution in [0.2, 0.25) is 0 Å². The second-order valence-corrected chi connectivity index (χ2v) is 4.12. The number of rotatable bonds is 3. The van der Waals surface area contributed by atoms with Crippen molar-refractivity contribution in [1.29, 1.82) is 0 Å². The minimum atomic E-state index is -0.714. The molecular formula is C12H14FN3O2. The molecule has 1 aromatic rings. The van der Waals surface area contributed by atoms with Crippen molar-refractivity contribution < 1.29 is 14.0 Å². The Kier molecular flexibility index (Phi) is 3.86. The molecule has 0 saturated carbocycles. The zero-order valence-corrected chi connectivity index (χ0v) is 9.86. The van der Waals surface area contributed by atoms with Gasteiger partial charge in [-0.15, -0.1) is 0 Å². The van der Waals surface area contributed by atoms with Gasteiger partial charge in [0.05, 0.1) is 6.54 Å². The quantitative estimate of drug-likeness (QED) is 0.799. The summed E-state index contributed by atoms with van der Waals surface area (Å²) in [6.45, 7) is 1.41. The molecule has 0 aromatic carbocycles. The maximum atomic E-state index is 12.8. The fraction of sp³-hybridized carbons (Fsp3) is 0.417. The van der Waals surface area contributed by atoms with Gasteiger partial charge in [-0.05, 0) is 25.0 Å². The number of nitrogens with zero attached hydrogens (tertiary/aromatic N) is 2. The summed E-state index contributed by atoms with van der Waals surface area (Å²) in [5, 5.41) is 2.44. The standard InChI is InChI=1S/C12H14FN3O2/c13-10-5-3-4-9(15-10)12(18)14-8-11(17)16-6-1-2-7-16/h3-5H,1-2,6-8H2,(H,14,18). The molecule has 2 amide bonds. The van der Waals surface area contributed by atoms with Gasteiger partial charge in [0.25, 0.3) is 5.91 Å². The Bertz CT molecular complexity index is 458. The van der Waals surface area contributed by atoms with Crippen molar-refractivity contribution in [3.05, 3.63) is 29.8 Å². The van der Waals surface area contributed by atoms with E-state index in [4.69, 9.17) is 0 Å². The lowest BCUT2D eigenvalue weighted by Gasteiger charge is -2.15. The number of hydrogen-bond donors (Lipinski definition) is 1. The highest BCUT2D eigenvalue weighted by Crippen LogP contribution is 2.06. The SMILES string of the molecule is O=C(NCC(=O)N1CCCC1)c1cccc(F)n1. The van der Waals surface area contributed by atoms with Crippen LogP contribution in [0.15, 0.2) is 18.2 Å². The van der Waals surface area contributed by atoms with Gasteiger partial charge >= 0.3 is 0 Å². The topological polar surface area (TPSA) is 62.3 Å². The third kappa shape index (κ3) is 3.03. The summed E-state index contributed by atoms with van der Waals surface area (Å²) in [6.07, 6.45) is 2.01. The number of amides is 2. The molecule has 6 heteroatoms. The number of aromatic nitrogens is 1. The number of likely N-dealkylation sites (tertiary alicyclic amines) is 1. The Labute approximate surface area is 104 Å². The average Bonchev–Trinajstić information content (AvgIpc) is 2.89. The maximum Gasteiger partial charge on any atom is 0.270 e. The number of halogens is 1. The van der Waals surface area contributed by atoms with Crippen molar-refractivity contribution in [2.24, 2.45) is 0 Å². The Morgan fingerprint density at radius 3 is 2.72 bits per heavy atom. The van der Waals surface area contributed by atoms with Crippen molar-refractivity contribution in [3.8, 4) is 0 Å². The van der Waals surface area contributed by atoms with Crippen LogP contribution in [-0.2, 0) is 4.79 Å². The molecule has 1 saturated heterocycles. The highest BCUT2D eigenvalue weighted by molar-refractivity contribution is 5.94. The molecule has 96 valence electrons. The molecular weight excluding hydrogens is 237 g/mol. The van der Waals surface area contributed by atoms with E-state index in [1.54, 1.807) is 4.90 Å². The molecule has 1 N–H and O–H groups in total. The van der Waals surface area contributed by atoms with Crippen molar-refractivity contribution in [1.82, 2.24) is 15.2 Å². The van der Waals surface area contributed by atoms with Gasteiger partial charge in [-0.1, -0.05) is 6.07 Å². The van der Waals surface area contributed by atoms with E-state index in [2.05, 4.69) is 10.3 Å². The van der Waals surface area contributed by atoms with E-state index < -0.39 is 11.9 Å². The van der Waals surface area contributed by atoms with E-state index in [0.29, 0.717) is 0 Å². The second kappa shape index (κ2) is 5.57. The van der Waals surface area contributed by atoms with Crippen LogP contribution in [0.3, 0.4) is 0 Å². The molecule has 18 heavy (non-hydrogen) atoms. The van der Waals surface area contributed by atoms with Crippen LogP contribution in [0.1, 0.15) is 23.3 Å². The van der Waals surface area contributed by atoms with E-state index in [0.717, 1.165) is 32.0 Å². The first-order chi connectivity index (χ1) is 8.66. The molecule has 2 rings (SSSR count). The van der Waals surface area contributed by atoms with Crippen molar-refractivity contribution in [2.45, 2.75) is 12.8 Å². The molecule has 2 heterocycles. The third-order valence-electron chi connectivity index (χ3n) is 2.81. The van der Waals surface area contributed by atoms with E-state index in [1.165, 1.54) is 12.1 Å². The summed E-state index contributed by atoms with van der Waals surface area (Å²) in [4.78, 5) is 28.4. The van der Waals surface area contributed by atoms with Crippen LogP contribution in [-0.4, -0.2) is 41.3 Å². The minimum Gasteiger partial charge on any atom is -0.342 e. The lowest BCUT2D eigenvalue weighted by atomic mass is 10.3. The van der Waals surface area contributed by atoms with Crippen LogP contribution in [0, 0.1) is 5.95 Å². The van der Waals surface area contributed by atoms with Gasteiger partial charge in [-0.3, -0.25) is 9.59 Å². The molecule has 0 atom stereocenters. The first-order valence-corrected chi connectivity index (χ1v) is 5.85. The monoisotopic (exact) mass is 251 g/mol. The molecule has 1 aliphatic heterocycles. The van der Waals surface area contributed by atoms with Crippen LogP contribution >= 0.6 is 0 Å². The number of carbonyl (C=O) groups excluding carboxylic acids is 2. The summed E-state index contributed by atoms with van der Waals surface area (Å²) in [6, 6.07) is 3.96. The van der Waals surface area contributed by atoms with Crippen LogP contribution in [0.5, 0.6) is 0 Å². The fourth-order valence-electron chi connectivity index (χ4n) is 1.86. The smallest absolute Gasteiger partial charge is 0.270 e. The number of pyridine rings is 1. The largest absolute Gasteiger partial charge is 0.342 e. The molecule has 1 fully saturated rings. The lowest BCUT2D eigenvalue weighted by Crippen LogP contribution is -2.38. The zero-order chi connectivity index (χ0) is 13.0. The highest BCUT2D eigenvalue weighted by atomic mass is 19.1. The van der Waals surface area contributed by atoms with Crippen LogP contribution in [0.4, 0.5) is 4.39 Å². The van der Waals surface area contributed by atoms with E-state index in [9.17, 15) is 14.0 Å². The van der Waals surface area contributed by atoms with Crippen molar-refractivity contribution >= 4 is 11.8 Å². The van der Waals surface area contributed by atoms with E-state index >= 15 is 0 Å². The lowest BCUT2D eigenvalue weighted by molar-refractivity contribution is -0.129. The summed E-state index contributed by atoms with van der Waals surface area (Å²) in [5.74, 6) is -1.37. The zero-order valence-electron chi connectivity index (χ0n) is 9.86. The van der Waals surface area contributed by atoms with Crippen LogP contribution in [0.25, 0.3) is 0 Å². The molecule has 0 aliphatic carbocycles. The van der Waals surface area contributed by atoms with Crippen molar-refractivity contribution in [3.63, 3.8) is 0 Å². The Morgan fingerprint density at radius 2 is 2.06 bits per heavy atom. The maximum absolute atomic E-state index is 12.8. The van der Waals surface area contributed by atoms with E-state index in [1.807, 2.05) is 0 Å². The Morgan fingerprint density at radius 1 is 1.33 bits per heavy atom. The Hall–Kier alpha value is -1.98. The highest BCUT2D eigenvalue weighted by Gasteiger charge is 2.18. The first kappa shape index (κ1) is 12.5. The number of hydrogen-bond acceptors (Lipinski definition) is 3. The molecule has 0 unspecified atom stereocenters. The normalized spacial score (nSPS) is 14.6. The summed E-state index contributed by atoms with van der Waals surface area (Å²) in [7, 11) is 0. The summed E-state index contributed by atoms with van der Waals surface area (Å²) in [5.41, 5.74) is -0.0239. The van der Waals surface area contributed by atoms with Gasteiger partial charge in [0.15, 0.2) is 0 Å². The van der Waals surface area contributed by atoms with Crippen LogP contribution < -0.4 is 5.32 Å². The second-order valence-electron chi connectivity index (χ2n) is 4.12. The summed E-state index contributed by atoms with van der Waals surface area (Å²) < 4.78 is 12.8. The first-order valence-electron chi connectivity index (χ1n) is 5.85. The molecule has 0 bridgehead atoms. The Balaban J connectivity index is 1.86. The molecule has 0 spiro atoms. The molecule has 5 nitrogen and oxygen atoms in total. The average molecular weight is 251 g/mol. The van der Waals surface area contributed by atoms with Crippen molar-refractivity contribution in [2.75, 3.05) is 19.6 Å². The number of carbonyl (C=O) groups is 2. The fourth-order valence-corrected chi connectivity index (χ4v) is 1.86. The van der Waals surface area contributed by atoms with Gasteiger partial charge < -0.3 is 10.2 Å². The summed E-state index contributed by atoms with van der Waals surface area (Å²) >= 11 is 0. The number of nitrogens with one attached hydrogen (secondary N) is 1. The molecule has 0 radical (unpaired) electrons. The van der Waals surface area contributed by atoms with E-state index in [-0.39, 0.29) is 18.1 Å². The molecule has 1 aromatic heterocycles. The minimum absolute atomic E-state index is 0.0239. The van der Waals surface area contributed by atoms with Gasteiger partial charge in [-0.25, -0.2) is 4.98 Å². The molecule has 1 aliphatic rings. The predicted octanol–water partition coefficient (Wildman–Crippen LogP) is 0.573. The van der Waals surface area contributed by atoms with Gasteiger partial charge in [-0.2, -0.15) is 4.39 Å². The van der Waals surface area contributed by atoms with Gasteiger partial charge in [0, 0.05) is 13.1 Å². The van der Waals surface area contributed by atoms with Gasteiger partial charge in [0.1, 0.15) is 5.69 Å². The third-order valence-corrected chi connectivity index (χ3v) is 2.81. The van der Waals surface area contributed by atoms with Gasteiger partial charge in [0.2, 0.25) is 11.9 Å².